The van der Waals surface area contributed by atoms with Crippen molar-refractivity contribution in [1.82, 2.24) is 4.90 Å². The Morgan fingerprint density at radius 1 is 1.08 bits per heavy atom. The van der Waals surface area contributed by atoms with Crippen molar-refractivity contribution < 1.29 is 23.9 Å². The first-order valence-corrected chi connectivity index (χ1v) is 8.09. The molecule has 7 heteroatoms. The van der Waals surface area contributed by atoms with Crippen molar-refractivity contribution in [2.24, 2.45) is 0 Å². The molecule has 6 nitrogen and oxygen atoms in total. The Balaban J connectivity index is 1.67. The molecule has 1 atom stereocenters. The molecule has 2 amide bonds. The summed E-state index contributed by atoms with van der Waals surface area (Å²) in [5, 5.41) is 1.75. The first-order valence-electron chi connectivity index (χ1n) is 7.21. The minimum atomic E-state index is -1.10. The maximum Gasteiger partial charge on any atom is 0.329 e. The lowest BCUT2D eigenvalue weighted by atomic mass is 10.1. The van der Waals surface area contributed by atoms with Gasteiger partial charge in [0.25, 0.3) is 11.8 Å². The van der Waals surface area contributed by atoms with Crippen LogP contribution >= 0.6 is 11.3 Å². The van der Waals surface area contributed by atoms with Crippen LogP contribution in [0.3, 0.4) is 0 Å². The standard InChI is InChI=1S/C17H13NO5S/c1-10(17(22)23-9-13(19)14-7-4-8-24-14)18-15(20)11-5-2-3-6-12(11)16(18)21/h2-8,10H,9H2,1H3/t10-/m0/s1. The fourth-order valence-electron chi connectivity index (χ4n) is 2.43. The van der Waals surface area contributed by atoms with Gasteiger partial charge in [0.1, 0.15) is 6.04 Å². The van der Waals surface area contributed by atoms with Crippen molar-refractivity contribution in [3.8, 4) is 0 Å². The number of fused-ring (bicyclic) bond motifs is 1. The van der Waals surface area contributed by atoms with Gasteiger partial charge in [-0.25, -0.2) is 4.79 Å². The van der Waals surface area contributed by atoms with Crippen molar-refractivity contribution in [2.45, 2.75) is 13.0 Å². The summed E-state index contributed by atoms with van der Waals surface area (Å²) in [5.41, 5.74) is 0.522. The average Bonchev–Trinajstić information content (AvgIpc) is 3.20. The molecule has 0 bridgehead atoms. The van der Waals surface area contributed by atoms with E-state index in [4.69, 9.17) is 4.74 Å². The molecule has 0 fully saturated rings. The first kappa shape index (κ1) is 16.1. The third-order valence-electron chi connectivity index (χ3n) is 3.70. The molecule has 0 unspecified atom stereocenters. The third kappa shape index (κ3) is 2.74. The number of ketones is 1. The summed E-state index contributed by atoms with van der Waals surface area (Å²) in [4.78, 5) is 49.9. The summed E-state index contributed by atoms with van der Waals surface area (Å²) < 4.78 is 4.97. The van der Waals surface area contributed by atoms with E-state index in [0.717, 1.165) is 4.90 Å². The van der Waals surface area contributed by atoms with Gasteiger partial charge in [-0.1, -0.05) is 18.2 Å². The van der Waals surface area contributed by atoms with Gasteiger partial charge in [0.15, 0.2) is 6.61 Å². The minimum Gasteiger partial charge on any atom is -0.456 e. The van der Waals surface area contributed by atoms with Crippen molar-refractivity contribution >= 4 is 34.9 Å². The Labute approximate surface area is 141 Å². The monoisotopic (exact) mass is 343 g/mol. The molecule has 2 aromatic rings. The van der Waals surface area contributed by atoms with Crippen molar-refractivity contribution in [2.75, 3.05) is 6.61 Å². The minimum absolute atomic E-state index is 0.261. The van der Waals surface area contributed by atoms with E-state index < -0.39 is 30.4 Å². The zero-order valence-corrected chi connectivity index (χ0v) is 13.5. The Kier molecular flexibility index (Phi) is 4.26. The van der Waals surface area contributed by atoms with Crippen molar-refractivity contribution in [3.05, 3.63) is 57.8 Å². The molecule has 0 N–H and O–H groups in total. The maximum absolute atomic E-state index is 12.3. The van der Waals surface area contributed by atoms with Crippen LogP contribution in [0.5, 0.6) is 0 Å². The predicted octanol–water partition coefficient (Wildman–Crippen LogP) is 2.16. The number of Topliss-reactive ketones (excluding diaryl/α,β-unsaturated/α-hetero) is 1. The van der Waals surface area contributed by atoms with Crippen molar-refractivity contribution in [1.29, 1.82) is 0 Å². The van der Waals surface area contributed by atoms with Gasteiger partial charge in [0, 0.05) is 0 Å². The number of thiophene rings is 1. The smallest absolute Gasteiger partial charge is 0.329 e. The van der Waals surface area contributed by atoms with Gasteiger partial charge in [0.2, 0.25) is 5.78 Å². The molecule has 3 rings (SSSR count). The highest BCUT2D eigenvalue weighted by atomic mass is 32.1. The number of hydrogen-bond donors (Lipinski definition) is 0. The Bertz CT molecular complexity index is 792. The molecule has 0 spiro atoms. The van der Waals surface area contributed by atoms with Gasteiger partial charge in [0.05, 0.1) is 16.0 Å². The van der Waals surface area contributed by atoms with Crippen LogP contribution in [0.25, 0.3) is 0 Å². The highest BCUT2D eigenvalue weighted by Crippen LogP contribution is 2.24. The number of ether oxygens (including phenoxy) is 1. The maximum atomic E-state index is 12.3. The fourth-order valence-corrected chi connectivity index (χ4v) is 3.08. The SMILES string of the molecule is C[C@@H](C(=O)OCC(=O)c1cccs1)N1C(=O)c2ccccc2C1=O. The predicted molar refractivity (Wildman–Crippen MR) is 86.0 cm³/mol. The van der Waals surface area contributed by atoms with E-state index in [1.165, 1.54) is 30.4 Å². The normalized spacial score (nSPS) is 14.5. The van der Waals surface area contributed by atoms with Crippen LogP contribution in [0.4, 0.5) is 0 Å². The van der Waals surface area contributed by atoms with Gasteiger partial charge in [-0.05, 0) is 30.5 Å². The number of benzene rings is 1. The van der Waals surface area contributed by atoms with E-state index in [2.05, 4.69) is 0 Å². The molecule has 0 saturated carbocycles. The first-order chi connectivity index (χ1) is 11.5. The number of carbonyl (C=O) groups excluding carboxylic acids is 4. The van der Waals surface area contributed by atoms with Crippen LogP contribution in [0.1, 0.15) is 37.3 Å². The summed E-state index contributed by atoms with van der Waals surface area (Å²) in [6.45, 7) is 0.979. The average molecular weight is 343 g/mol. The van der Waals surface area contributed by atoms with Crippen LogP contribution in [0.15, 0.2) is 41.8 Å². The van der Waals surface area contributed by atoms with Crippen LogP contribution in [0, 0.1) is 0 Å². The second kappa shape index (κ2) is 6.37. The molecule has 0 radical (unpaired) electrons. The molecular weight excluding hydrogens is 330 g/mol. The van der Waals surface area contributed by atoms with Gasteiger partial charge in [-0.3, -0.25) is 19.3 Å². The molecule has 0 aliphatic carbocycles. The fraction of sp³-hybridized carbons (Fsp3) is 0.176. The number of hydrogen-bond acceptors (Lipinski definition) is 6. The van der Waals surface area contributed by atoms with Gasteiger partial charge in [-0.2, -0.15) is 0 Å². The number of carbonyl (C=O) groups is 4. The third-order valence-corrected chi connectivity index (χ3v) is 4.61. The molecule has 2 heterocycles. The Morgan fingerprint density at radius 2 is 1.71 bits per heavy atom. The Hall–Kier alpha value is -2.80. The van der Waals surface area contributed by atoms with E-state index in [1.54, 1.807) is 29.6 Å². The van der Waals surface area contributed by atoms with E-state index in [0.29, 0.717) is 4.88 Å². The zero-order chi connectivity index (χ0) is 17.3. The molecule has 0 saturated heterocycles. The van der Waals surface area contributed by atoms with Crippen LogP contribution in [0.2, 0.25) is 0 Å². The van der Waals surface area contributed by atoms with Crippen LogP contribution < -0.4 is 0 Å². The molecule has 1 aromatic heterocycles. The molecule has 24 heavy (non-hydrogen) atoms. The van der Waals surface area contributed by atoms with Gasteiger partial charge < -0.3 is 4.74 Å². The number of rotatable bonds is 5. The molecule has 1 aromatic carbocycles. The molecular formula is C17H13NO5S. The summed E-state index contributed by atoms with van der Waals surface area (Å²) >= 11 is 1.25. The lowest BCUT2D eigenvalue weighted by Crippen LogP contribution is -2.44. The molecule has 122 valence electrons. The van der Waals surface area contributed by atoms with E-state index in [-0.39, 0.29) is 16.9 Å². The van der Waals surface area contributed by atoms with Gasteiger partial charge >= 0.3 is 5.97 Å². The highest BCUT2D eigenvalue weighted by molar-refractivity contribution is 7.12. The van der Waals surface area contributed by atoms with E-state index in [9.17, 15) is 19.2 Å². The molecule has 1 aliphatic rings. The largest absolute Gasteiger partial charge is 0.456 e. The van der Waals surface area contributed by atoms with Crippen LogP contribution in [-0.4, -0.2) is 41.1 Å². The van der Waals surface area contributed by atoms with Gasteiger partial charge in [-0.15, -0.1) is 11.3 Å². The van der Waals surface area contributed by atoms with E-state index in [1.807, 2.05) is 0 Å². The van der Waals surface area contributed by atoms with Crippen LogP contribution in [-0.2, 0) is 9.53 Å². The summed E-state index contributed by atoms with van der Waals surface area (Å²) in [7, 11) is 0. The number of imide groups is 1. The van der Waals surface area contributed by atoms with E-state index >= 15 is 0 Å². The lowest BCUT2D eigenvalue weighted by molar-refractivity contribution is -0.146. The molecule has 1 aliphatic heterocycles. The summed E-state index contributed by atoms with van der Waals surface area (Å²) in [5.74, 6) is -2.20. The quantitative estimate of drug-likeness (QED) is 0.472. The zero-order valence-electron chi connectivity index (χ0n) is 12.7. The number of amides is 2. The lowest BCUT2D eigenvalue weighted by Gasteiger charge is -2.20. The highest BCUT2D eigenvalue weighted by Gasteiger charge is 2.41. The number of esters is 1. The summed E-state index contributed by atoms with van der Waals surface area (Å²) in [6.07, 6.45) is 0. The second-order valence-corrected chi connectivity index (χ2v) is 6.16. The summed E-state index contributed by atoms with van der Waals surface area (Å²) in [6, 6.07) is 8.62. The topological polar surface area (TPSA) is 80.8 Å². The number of nitrogens with zero attached hydrogens (tertiary/aromatic N) is 1. The van der Waals surface area contributed by atoms with Crippen molar-refractivity contribution in [3.63, 3.8) is 0 Å². The second-order valence-electron chi connectivity index (χ2n) is 5.21. The Morgan fingerprint density at radius 3 is 2.25 bits per heavy atom.